The topological polar surface area (TPSA) is 65.8 Å². The smallest absolute Gasteiger partial charge is 0.318 e. The van der Waals surface area contributed by atoms with Crippen molar-refractivity contribution in [2.75, 3.05) is 31.1 Å². The first-order chi connectivity index (χ1) is 12.7. The molecule has 0 unspecified atom stereocenters. The Balaban J connectivity index is 1.37. The predicted molar refractivity (Wildman–Crippen MR) is 100 cm³/mol. The third-order valence-corrected chi connectivity index (χ3v) is 4.76. The number of pyridine rings is 1. The van der Waals surface area contributed by atoms with Crippen LogP contribution in [-0.4, -0.2) is 51.7 Å². The Morgan fingerprint density at radius 2 is 1.73 bits per heavy atom. The third kappa shape index (κ3) is 3.20. The molecule has 1 fully saturated rings. The summed E-state index contributed by atoms with van der Waals surface area (Å²) in [6.07, 6.45) is 1.91. The molecule has 1 saturated heterocycles. The third-order valence-electron chi connectivity index (χ3n) is 4.76. The van der Waals surface area contributed by atoms with Gasteiger partial charge in [-0.05, 0) is 31.2 Å². The number of aromatic nitrogens is 3. The molecule has 0 spiro atoms. The molecule has 0 aliphatic carbocycles. The van der Waals surface area contributed by atoms with E-state index in [1.54, 1.807) is 0 Å². The summed E-state index contributed by atoms with van der Waals surface area (Å²) in [6, 6.07) is 15.8. The number of benzene rings is 1. The molecular weight excluding hydrogens is 328 g/mol. The number of urea groups is 1. The van der Waals surface area contributed by atoms with E-state index in [2.05, 4.69) is 32.5 Å². The van der Waals surface area contributed by atoms with Crippen LogP contribution in [0.5, 0.6) is 0 Å². The number of carbonyl (C=O) groups is 1. The summed E-state index contributed by atoms with van der Waals surface area (Å²) >= 11 is 0. The van der Waals surface area contributed by atoms with Gasteiger partial charge in [0.2, 0.25) is 0 Å². The van der Waals surface area contributed by atoms with Crippen molar-refractivity contribution in [3.8, 4) is 0 Å². The van der Waals surface area contributed by atoms with E-state index < -0.39 is 0 Å². The van der Waals surface area contributed by atoms with Crippen LogP contribution in [0, 0.1) is 0 Å². The van der Waals surface area contributed by atoms with E-state index in [-0.39, 0.29) is 12.1 Å². The van der Waals surface area contributed by atoms with Gasteiger partial charge in [-0.3, -0.25) is 4.40 Å². The number of piperazine rings is 1. The SMILES string of the molecule is C[C@H](NC(=O)N1CCN(c2ccccc2)CC1)c1nnc2ccccn12. The van der Waals surface area contributed by atoms with E-state index in [1.807, 2.05) is 58.8 Å². The lowest BCUT2D eigenvalue weighted by Gasteiger charge is -2.36. The molecule has 7 nitrogen and oxygen atoms in total. The van der Waals surface area contributed by atoms with Crippen LogP contribution >= 0.6 is 0 Å². The number of nitrogens with zero attached hydrogens (tertiary/aromatic N) is 5. The molecule has 0 bridgehead atoms. The molecule has 3 aromatic rings. The van der Waals surface area contributed by atoms with Crippen molar-refractivity contribution >= 4 is 17.4 Å². The number of carbonyl (C=O) groups excluding carboxylic acids is 1. The van der Waals surface area contributed by atoms with E-state index in [4.69, 9.17) is 0 Å². The second-order valence-electron chi connectivity index (χ2n) is 6.47. The quantitative estimate of drug-likeness (QED) is 0.787. The average molecular weight is 350 g/mol. The van der Waals surface area contributed by atoms with Crippen LogP contribution in [0.3, 0.4) is 0 Å². The summed E-state index contributed by atoms with van der Waals surface area (Å²) in [6.45, 7) is 5.00. The maximum Gasteiger partial charge on any atom is 0.318 e. The molecule has 0 radical (unpaired) electrons. The van der Waals surface area contributed by atoms with Crippen LogP contribution in [0.1, 0.15) is 18.8 Å². The number of amides is 2. The minimum Gasteiger partial charge on any atom is -0.368 e. The van der Waals surface area contributed by atoms with E-state index >= 15 is 0 Å². The van der Waals surface area contributed by atoms with Gasteiger partial charge in [0, 0.05) is 38.1 Å². The van der Waals surface area contributed by atoms with Gasteiger partial charge >= 0.3 is 6.03 Å². The standard InChI is InChI=1S/C19H22N6O/c1-15(18-22-21-17-9-5-6-10-25(17)18)20-19(26)24-13-11-23(12-14-24)16-7-3-2-4-8-16/h2-10,15H,11-14H2,1H3,(H,20,26)/t15-/m0/s1. The molecule has 1 aliphatic heterocycles. The second kappa shape index (κ2) is 7.03. The first kappa shape index (κ1) is 16.4. The van der Waals surface area contributed by atoms with Crippen molar-refractivity contribution in [2.45, 2.75) is 13.0 Å². The number of hydrogen-bond donors (Lipinski definition) is 1. The lowest BCUT2D eigenvalue weighted by atomic mass is 10.2. The number of rotatable bonds is 3. The van der Waals surface area contributed by atoms with E-state index in [0.717, 1.165) is 24.6 Å². The van der Waals surface area contributed by atoms with Crippen LogP contribution in [0.25, 0.3) is 5.65 Å². The number of nitrogens with one attached hydrogen (secondary N) is 1. The summed E-state index contributed by atoms with van der Waals surface area (Å²) in [5.74, 6) is 0.733. The van der Waals surface area contributed by atoms with Gasteiger partial charge in [0.05, 0.1) is 6.04 Å². The zero-order chi connectivity index (χ0) is 17.9. The molecule has 4 rings (SSSR count). The summed E-state index contributed by atoms with van der Waals surface area (Å²) < 4.78 is 1.90. The van der Waals surface area contributed by atoms with E-state index in [0.29, 0.717) is 13.1 Å². The van der Waals surface area contributed by atoms with Crippen molar-refractivity contribution in [1.82, 2.24) is 24.8 Å². The van der Waals surface area contributed by atoms with Crippen LogP contribution in [0.15, 0.2) is 54.7 Å². The van der Waals surface area contributed by atoms with Gasteiger partial charge in [-0.1, -0.05) is 24.3 Å². The fraction of sp³-hybridized carbons (Fsp3) is 0.316. The van der Waals surface area contributed by atoms with Crippen molar-refractivity contribution < 1.29 is 4.79 Å². The maximum atomic E-state index is 12.6. The Morgan fingerprint density at radius 3 is 2.50 bits per heavy atom. The van der Waals surface area contributed by atoms with Crippen LogP contribution in [-0.2, 0) is 0 Å². The molecule has 0 saturated carbocycles. The summed E-state index contributed by atoms with van der Waals surface area (Å²) in [4.78, 5) is 16.8. The Labute approximate surface area is 152 Å². The predicted octanol–water partition coefficient (Wildman–Crippen LogP) is 2.32. The van der Waals surface area contributed by atoms with Crippen molar-refractivity contribution in [3.63, 3.8) is 0 Å². The highest BCUT2D eigenvalue weighted by atomic mass is 16.2. The van der Waals surface area contributed by atoms with Gasteiger partial charge in [0.15, 0.2) is 11.5 Å². The zero-order valence-electron chi connectivity index (χ0n) is 14.7. The molecule has 3 heterocycles. The van der Waals surface area contributed by atoms with Gasteiger partial charge in [0.1, 0.15) is 0 Å². The number of hydrogen-bond acceptors (Lipinski definition) is 4. The molecule has 2 aromatic heterocycles. The summed E-state index contributed by atoms with van der Waals surface area (Å²) in [5.41, 5.74) is 1.98. The Hall–Kier alpha value is -3.09. The molecule has 26 heavy (non-hydrogen) atoms. The van der Waals surface area contributed by atoms with E-state index in [1.165, 1.54) is 5.69 Å². The molecule has 2 amide bonds. The van der Waals surface area contributed by atoms with Crippen molar-refractivity contribution in [1.29, 1.82) is 0 Å². The normalized spacial score (nSPS) is 15.9. The lowest BCUT2D eigenvalue weighted by molar-refractivity contribution is 0.190. The largest absolute Gasteiger partial charge is 0.368 e. The Morgan fingerprint density at radius 1 is 1.00 bits per heavy atom. The minimum absolute atomic E-state index is 0.0575. The highest BCUT2D eigenvalue weighted by Gasteiger charge is 2.23. The molecule has 1 N–H and O–H groups in total. The molecule has 1 aliphatic rings. The highest BCUT2D eigenvalue weighted by Crippen LogP contribution is 2.16. The number of para-hydroxylation sites is 1. The minimum atomic E-state index is -0.216. The van der Waals surface area contributed by atoms with Crippen LogP contribution in [0.2, 0.25) is 0 Å². The molecule has 1 aromatic carbocycles. The zero-order valence-corrected chi connectivity index (χ0v) is 14.7. The lowest BCUT2D eigenvalue weighted by Crippen LogP contribution is -2.52. The van der Waals surface area contributed by atoms with Gasteiger partial charge in [-0.15, -0.1) is 10.2 Å². The summed E-state index contributed by atoms with van der Waals surface area (Å²) in [5, 5.41) is 11.4. The first-order valence-corrected chi connectivity index (χ1v) is 8.87. The highest BCUT2D eigenvalue weighted by molar-refractivity contribution is 5.75. The monoisotopic (exact) mass is 350 g/mol. The summed E-state index contributed by atoms with van der Waals surface area (Å²) in [7, 11) is 0. The maximum absolute atomic E-state index is 12.6. The second-order valence-corrected chi connectivity index (χ2v) is 6.47. The van der Waals surface area contributed by atoms with Crippen LogP contribution < -0.4 is 10.2 Å². The molecular formula is C19H22N6O. The van der Waals surface area contributed by atoms with Gasteiger partial charge in [-0.25, -0.2) is 4.79 Å². The molecule has 7 heteroatoms. The number of fused-ring (bicyclic) bond motifs is 1. The van der Waals surface area contributed by atoms with Crippen LogP contribution in [0.4, 0.5) is 10.5 Å². The van der Waals surface area contributed by atoms with Crippen molar-refractivity contribution in [3.05, 3.63) is 60.6 Å². The van der Waals surface area contributed by atoms with Gasteiger partial charge < -0.3 is 15.1 Å². The fourth-order valence-corrected chi connectivity index (χ4v) is 3.30. The fourth-order valence-electron chi connectivity index (χ4n) is 3.30. The van der Waals surface area contributed by atoms with Crippen molar-refractivity contribution in [2.24, 2.45) is 0 Å². The molecule has 1 atom stereocenters. The molecule has 134 valence electrons. The first-order valence-electron chi connectivity index (χ1n) is 8.87. The van der Waals surface area contributed by atoms with E-state index in [9.17, 15) is 4.79 Å². The number of anilines is 1. The van der Waals surface area contributed by atoms with Gasteiger partial charge in [-0.2, -0.15) is 0 Å². The van der Waals surface area contributed by atoms with Gasteiger partial charge in [0.25, 0.3) is 0 Å². The average Bonchev–Trinajstić information content (AvgIpc) is 3.13. The Kier molecular flexibility index (Phi) is 4.43. The Bertz CT molecular complexity index is 885.